The smallest absolute Gasteiger partial charge is 0.459 e. The second-order valence-corrected chi connectivity index (χ2v) is 36.0. The third-order valence-electron chi connectivity index (χ3n) is 15.6. The second kappa shape index (κ2) is 24.2. The van der Waals surface area contributed by atoms with Crippen LogP contribution in [-0.4, -0.2) is 106 Å². The first-order valence-corrected chi connectivity index (χ1v) is 35.1. The number of aromatic nitrogens is 4. The van der Waals surface area contributed by atoms with Crippen LogP contribution in [0.1, 0.15) is 104 Å². The Morgan fingerprint density at radius 3 is 1.97 bits per heavy atom. The van der Waals surface area contributed by atoms with Crippen molar-refractivity contribution in [3.05, 3.63) is 117 Å². The van der Waals surface area contributed by atoms with Gasteiger partial charge in [0.05, 0.1) is 43.6 Å². The van der Waals surface area contributed by atoms with Gasteiger partial charge in [-0.05, 0) is 87.5 Å². The molecule has 5 heterocycles. The van der Waals surface area contributed by atoms with E-state index in [2.05, 4.69) is 35.9 Å². The monoisotopic (exact) mass is 1180 g/mol. The largest absolute Gasteiger partial charge is 0.468 e. The Kier molecular flexibility index (Phi) is 19.4. The van der Waals surface area contributed by atoms with Gasteiger partial charge in [0.15, 0.2) is 28.5 Å². The topological polar surface area (TPSA) is 317 Å². The molecule has 2 saturated heterocycles. The lowest BCUT2D eigenvalue weighted by atomic mass is 9.89. The van der Waals surface area contributed by atoms with Crippen LogP contribution >= 0.6 is 7.75 Å². The van der Waals surface area contributed by atoms with Crippen LogP contribution in [0.25, 0.3) is 10.4 Å². The van der Waals surface area contributed by atoms with E-state index in [0.717, 1.165) is 14.5 Å². The summed E-state index contributed by atoms with van der Waals surface area (Å²) in [5, 5.41) is 6.61. The minimum atomic E-state index is -4.34. The van der Waals surface area contributed by atoms with Gasteiger partial charge in [-0.25, -0.2) is 18.3 Å². The van der Waals surface area contributed by atoms with Crippen LogP contribution in [0.2, 0.25) is 36.3 Å². The maximum absolute atomic E-state index is 14.7. The molecule has 25 nitrogen and oxygen atoms in total. The molecule has 9 atom stereocenters. The van der Waals surface area contributed by atoms with Crippen molar-refractivity contribution in [3.63, 3.8) is 0 Å². The highest BCUT2D eigenvalue weighted by Crippen LogP contribution is 2.52. The zero-order valence-electron chi connectivity index (χ0n) is 47.6. The number of carbonyl (C=O) groups is 1. The lowest BCUT2D eigenvalue weighted by Crippen LogP contribution is -2.59. The van der Waals surface area contributed by atoms with E-state index in [1.807, 2.05) is 47.0 Å². The summed E-state index contributed by atoms with van der Waals surface area (Å²) in [6.45, 7) is 24.1. The van der Waals surface area contributed by atoms with Crippen molar-refractivity contribution >= 4 is 40.5 Å². The molecule has 3 aliphatic rings. The van der Waals surface area contributed by atoms with Crippen molar-refractivity contribution in [1.82, 2.24) is 23.4 Å². The summed E-state index contributed by atoms with van der Waals surface area (Å²) < 4.78 is 94.2. The molecule has 3 aliphatic heterocycles. The highest BCUT2D eigenvalue weighted by atomic mass is 32.2. The average Bonchev–Trinajstić information content (AvgIpc) is 4.22. The van der Waals surface area contributed by atoms with E-state index in [0.29, 0.717) is 25.7 Å². The van der Waals surface area contributed by atoms with Crippen molar-refractivity contribution in [2.24, 2.45) is 10.8 Å². The summed E-state index contributed by atoms with van der Waals surface area (Å²) in [5.41, 5.74) is 12.0. The zero-order chi connectivity index (χ0) is 58.8. The number of para-hydroxylation sites is 1. The van der Waals surface area contributed by atoms with Gasteiger partial charge < -0.3 is 33.3 Å². The van der Waals surface area contributed by atoms with Crippen molar-refractivity contribution in [2.75, 3.05) is 20.3 Å². The van der Waals surface area contributed by atoms with Gasteiger partial charge in [-0.15, -0.1) is 0 Å². The maximum atomic E-state index is 14.7. The first-order valence-electron chi connectivity index (χ1n) is 26.2. The fourth-order valence-electron chi connectivity index (χ4n) is 8.98. The van der Waals surface area contributed by atoms with Crippen LogP contribution < -0.4 is 37.8 Å². The number of unbranched alkanes of at least 4 members (excludes halogenated alkanes) is 3. The molecule has 2 aromatic heterocycles. The molecule has 3 unspecified atom stereocenters. The molecule has 1 aromatic carbocycles. The van der Waals surface area contributed by atoms with E-state index in [-0.39, 0.29) is 53.7 Å². The molecular formula is C50H78N9O16PSSi2. The fraction of sp³-hybridized carbons (Fsp3) is 0.660. The van der Waals surface area contributed by atoms with E-state index in [9.17, 15) is 42.5 Å². The van der Waals surface area contributed by atoms with Crippen LogP contribution in [0.4, 0.5) is 0 Å². The number of ether oxygens (including phenoxy) is 3. The third kappa shape index (κ3) is 13.9. The summed E-state index contributed by atoms with van der Waals surface area (Å²) in [5.74, 6) is -0.574. The molecule has 0 aliphatic carbocycles. The molecule has 2 fully saturated rings. The highest BCUT2D eigenvalue weighted by Gasteiger charge is 2.67. The average molecular weight is 1180 g/mol. The van der Waals surface area contributed by atoms with Crippen LogP contribution in [-0.2, 0) is 64.3 Å². The van der Waals surface area contributed by atoms with Gasteiger partial charge in [0.25, 0.3) is 21.2 Å². The molecule has 3 N–H and O–H groups in total. The number of esters is 1. The van der Waals surface area contributed by atoms with Crippen LogP contribution in [0.15, 0.2) is 78.1 Å². The molecule has 6 rings (SSSR count). The van der Waals surface area contributed by atoms with Crippen molar-refractivity contribution in [1.29, 1.82) is 0 Å². The summed E-state index contributed by atoms with van der Waals surface area (Å²) in [6, 6.07) is 6.04. The number of hydrogen-bond donors (Lipinski definition) is 2. The SMILES string of the molecule is COC(=O)C(C)NP(=O)(OC[C@H]1O[C@@H](n2cc(C)c(=O)n(CCCCCCn3c(=O)c(C)cn([C@@H]4O[C@H](CO[Si](C)(C)C(C)(C)C)C5(OS(=O)(=O)C=C5N)[C@H]4O[Si](C)(C)C(C)(C)C)c3=O)c2=O)C[C@@H]1N=[N+]=[N-])Oc1ccccc1. The Balaban J connectivity index is 1.18. The summed E-state index contributed by atoms with van der Waals surface area (Å²) in [4.78, 5) is 71.2. The number of benzene rings is 1. The van der Waals surface area contributed by atoms with Gasteiger partial charge in [0.2, 0.25) is 0 Å². The van der Waals surface area contributed by atoms with Crippen LogP contribution in [0.5, 0.6) is 5.75 Å². The zero-order valence-corrected chi connectivity index (χ0v) is 51.3. The number of methoxy groups -OCH3 is 1. The minimum Gasteiger partial charge on any atom is -0.468 e. The number of nitrogens with zero attached hydrogens (tertiary/aromatic N) is 7. The fourth-order valence-corrected chi connectivity index (χ4v) is 14.0. The molecule has 0 radical (unpaired) electrons. The maximum Gasteiger partial charge on any atom is 0.459 e. The Morgan fingerprint density at radius 2 is 1.46 bits per heavy atom. The van der Waals surface area contributed by atoms with Crippen LogP contribution in [0.3, 0.4) is 0 Å². The van der Waals surface area contributed by atoms with Gasteiger partial charge in [-0.3, -0.25) is 37.2 Å². The van der Waals surface area contributed by atoms with Gasteiger partial charge in [-0.2, -0.15) is 13.5 Å². The van der Waals surface area contributed by atoms with E-state index >= 15 is 0 Å². The summed E-state index contributed by atoms with van der Waals surface area (Å²) in [6.07, 6.45) is -1.51. The quantitative estimate of drug-likeness (QED) is 0.0145. The number of rotatable bonds is 23. The van der Waals surface area contributed by atoms with Crippen LogP contribution in [0, 0.1) is 13.8 Å². The highest BCUT2D eigenvalue weighted by molar-refractivity contribution is 7.90. The molecular weight excluding hydrogens is 1100 g/mol. The third-order valence-corrected chi connectivity index (χ3v) is 27.2. The Hall–Kier alpha value is -4.97. The van der Waals surface area contributed by atoms with Gasteiger partial charge in [0.1, 0.15) is 30.2 Å². The first-order chi connectivity index (χ1) is 36.6. The van der Waals surface area contributed by atoms with E-state index in [4.69, 9.17) is 42.0 Å². The lowest BCUT2D eigenvalue weighted by Gasteiger charge is -2.43. The molecule has 3 aromatic rings. The van der Waals surface area contributed by atoms with Crippen molar-refractivity contribution in [2.45, 2.75) is 192 Å². The predicted molar refractivity (Wildman–Crippen MR) is 299 cm³/mol. The molecule has 29 heteroatoms. The first kappa shape index (κ1) is 63.2. The molecule has 1 spiro atoms. The molecule has 0 bridgehead atoms. The second-order valence-electron chi connectivity index (χ2n) is 23.4. The number of carbonyl (C=O) groups excluding carboxylic acids is 1. The predicted octanol–water partition coefficient (Wildman–Crippen LogP) is 6.74. The molecule has 0 amide bonds. The number of hydrogen-bond acceptors (Lipinski definition) is 18. The van der Waals surface area contributed by atoms with Crippen molar-refractivity contribution in [3.8, 4) is 5.75 Å². The number of azide groups is 1. The summed E-state index contributed by atoms with van der Waals surface area (Å²) in [7, 11) is -12.8. The standard InChI is InChI=1S/C50H78N9O16PSSi2/c1-32-27-58(40-26-36(53-55-52)37(71-40)29-69-76(65,54-34(3)45(62)68-10)73-35-22-18-17-19-23-35)46(63)56(42(32)60)24-20-15-16-21-25-57-43(61)33(2)28-59(47(57)64)44-41(74-79(13,14)49(7,8)9)50(38(51)31-77(66,67)75-50)39(72-44)30-70-78(11,12)48(4,5)6/h17-19,22-23,27-28,31,34,36-37,39-41,44H,15-16,20-21,24-26,29-30,51H2,1-14H3,(H,54,65)/t34?,36-,37+,39+,40+,41-,44+,50?,76?/m0/s1. The molecule has 0 saturated carbocycles. The van der Waals surface area contributed by atoms with Gasteiger partial charge in [-0.1, -0.05) is 77.7 Å². The Labute approximate surface area is 462 Å². The molecule has 438 valence electrons. The number of aryl methyl sites for hydroxylation is 2. The van der Waals surface area contributed by atoms with Gasteiger partial charge in [0, 0.05) is 47.9 Å². The van der Waals surface area contributed by atoms with Gasteiger partial charge >= 0.3 is 25.1 Å². The summed E-state index contributed by atoms with van der Waals surface area (Å²) >= 11 is 0. The number of nitrogens with two attached hydrogens (primary N) is 1. The Morgan fingerprint density at radius 1 is 0.899 bits per heavy atom. The molecule has 79 heavy (non-hydrogen) atoms. The van der Waals surface area contributed by atoms with E-state index in [1.165, 1.54) is 47.7 Å². The minimum absolute atomic E-state index is 0.00565. The lowest BCUT2D eigenvalue weighted by molar-refractivity contribution is -0.142. The van der Waals surface area contributed by atoms with Crippen molar-refractivity contribution < 1.29 is 54.1 Å². The Bertz CT molecular complexity index is 3220. The normalized spacial score (nSPS) is 24.5. The number of nitrogens with one attached hydrogen (secondary N) is 1. The van der Waals surface area contributed by atoms with E-state index in [1.54, 1.807) is 32.0 Å². The van der Waals surface area contributed by atoms with E-state index < -0.39 is 123 Å².